The highest BCUT2D eigenvalue weighted by atomic mass is 32.1. The Hall–Kier alpha value is -2.34. The molecule has 126 valence electrons. The quantitative estimate of drug-likeness (QED) is 0.546. The Morgan fingerprint density at radius 1 is 1.25 bits per heavy atom. The maximum absolute atomic E-state index is 5.80. The summed E-state index contributed by atoms with van der Waals surface area (Å²) >= 11 is 1.67. The number of nitrogens with zero attached hydrogens (tertiary/aromatic N) is 2. The molecule has 0 aliphatic heterocycles. The number of benzene rings is 1. The number of fused-ring (bicyclic) bond motifs is 1. The Bertz CT molecular complexity index is 801. The van der Waals surface area contributed by atoms with Crippen LogP contribution in [-0.4, -0.2) is 18.0 Å². The van der Waals surface area contributed by atoms with E-state index < -0.39 is 0 Å². The van der Waals surface area contributed by atoms with Gasteiger partial charge in [-0.3, -0.25) is 4.99 Å². The van der Waals surface area contributed by atoms with Gasteiger partial charge in [-0.05, 0) is 18.1 Å². The molecule has 2 N–H and O–H groups in total. The summed E-state index contributed by atoms with van der Waals surface area (Å²) < 4.78 is 5.80. The van der Waals surface area contributed by atoms with E-state index in [4.69, 9.17) is 4.42 Å². The predicted octanol–water partition coefficient (Wildman–Crippen LogP) is 3.88. The van der Waals surface area contributed by atoms with Crippen molar-refractivity contribution in [3.63, 3.8) is 0 Å². The van der Waals surface area contributed by atoms with Gasteiger partial charge in [0.25, 0.3) is 0 Å². The highest BCUT2D eigenvalue weighted by molar-refractivity contribution is 7.09. The van der Waals surface area contributed by atoms with E-state index in [0.717, 1.165) is 33.4 Å². The lowest BCUT2D eigenvalue weighted by Crippen LogP contribution is -2.36. The molecule has 0 amide bonds. The molecule has 0 spiro atoms. The van der Waals surface area contributed by atoms with Crippen LogP contribution in [0.3, 0.4) is 0 Å². The molecule has 5 nitrogen and oxygen atoms in total. The molecule has 2 aromatic heterocycles. The van der Waals surface area contributed by atoms with Crippen LogP contribution in [0.4, 0.5) is 0 Å². The first-order valence-electron chi connectivity index (χ1n) is 8.02. The van der Waals surface area contributed by atoms with Gasteiger partial charge >= 0.3 is 0 Å². The number of thiazole rings is 1. The van der Waals surface area contributed by atoms with Crippen LogP contribution in [0.1, 0.15) is 36.2 Å². The third-order valence-corrected chi connectivity index (χ3v) is 4.57. The van der Waals surface area contributed by atoms with Crippen LogP contribution in [-0.2, 0) is 13.1 Å². The van der Waals surface area contributed by atoms with Crippen molar-refractivity contribution in [2.45, 2.75) is 32.9 Å². The van der Waals surface area contributed by atoms with Crippen LogP contribution in [0.25, 0.3) is 11.0 Å². The molecule has 0 saturated heterocycles. The number of hydrogen-bond acceptors (Lipinski definition) is 4. The molecule has 3 aromatic rings. The summed E-state index contributed by atoms with van der Waals surface area (Å²) in [4.78, 5) is 8.86. The lowest BCUT2D eigenvalue weighted by atomic mass is 10.2. The van der Waals surface area contributed by atoms with Gasteiger partial charge in [-0.25, -0.2) is 4.98 Å². The van der Waals surface area contributed by atoms with E-state index in [1.807, 2.05) is 30.3 Å². The number of nitrogens with one attached hydrogen (secondary N) is 2. The molecule has 0 saturated carbocycles. The average Bonchev–Trinajstić information content (AvgIpc) is 3.21. The first-order chi connectivity index (χ1) is 11.7. The molecule has 6 heteroatoms. The van der Waals surface area contributed by atoms with E-state index in [1.54, 1.807) is 18.4 Å². The minimum atomic E-state index is 0.459. The second kappa shape index (κ2) is 7.49. The number of aliphatic imine (C=N–C) groups is 1. The van der Waals surface area contributed by atoms with Crippen LogP contribution in [0.5, 0.6) is 0 Å². The second-order valence-corrected chi connectivity index (χ2v) is 6.79. The molecule has 0 aliphatic carbocycles. The van der Waals surface area contributed by atoms with Crippen LogP contribution in [0.2, 0.25) is 0 Å². The van der Waals surface area contributed by atoms with Gasteiger partial charge in [-0.2, -0.15) is 0 Å². The fourth-order valence-corrected chi connectivity index (χ4v) is 3.24. The molecule has 0 fully saturated rings. The number of furan rings is 1. The number of hydrogen-bond donors (Lipinski definition) is 2. The molecule has 2 heterocycles. The van der Waals surface area contributed by atoms with Crippen LogP contribution < -0.4 is 10.6 Å². The lowest BCUT2D eigenvalue weighted by molar-refractivity contribution is 0.538. The zero-order chi connectivity index (χ0) is 16.9. The molecular weight excluding hydrogens is 320 g/mol. The zero-order valence-corrected chi connectivity index (χ0v) is 15.0. The van der Waals surface area contributed by atoms with E-state index in [2.05, 4.69) is 39.8 Å². The van der Waals surface area contributed by atoms with Crippen molar-refractivity contribution < 1.29 is 4.42 Å². The van der Waals surface area contributed by atoms with Gasteiger partial charge in [0.15, 0.2) is 5.96 Å². The Labute approximate surface area is 145 Å². The van der Waals surface area contributed by atoms with Gasteiger partial charge in [-0.1, -0.05) is 32.0 Å². The van der Waals surface area contributed by atoms with Crippen molar-refractivity contribution in [2.24, 2.45) is 4.99 Å². The first kappa shape index (κ1) is 16.5. The van der Waals surface area contributed by atoms with E-state index in [-0.39, 0.29) is 0 Å². The summed E-state index contributed by atoms with van der Waals surface area (Å²) in [5.74, 6) is 2.08. The second-order valence-electron chi connectivity index (χ2n) is 5.85. The highest BCUT2D eigenvalue weighted by Crippen LogP contribution is 2.19. The topological polar surface area (TPSA) is 62.5 Å². The largest absolute Gasteiger partial charge is 0.459 e. The summed E-state index contributed by atoms with van der Waals surface area (Å²) in [7, 11) is 1.76. The van der Waals surface area contributed by atoms with Crippen molar-refractivity contribution in [1.82, 2.24) is 15.6 Å². The maximum Gasteiger partial charge on any atom is 0.191 e. The van der Waals surface area contributed by atoms with Gasteiger partial charge in [0.2, 0.25) is 0 Å². The molecule has 0 bridgehead atoms. The molecule has 1 aromatic carbocycles. The summed E-state index contributed by atoms with van der Waals surface area (Å²) in [6, 6.07) is 10.0. The SMILES string of the molecule is CN=C(NCc1cc2ccccc2o1)NCc1nc(C(C)C)cs1. The van der Waals surface area contributed by atoms with Crippen molar-refractivity contribution in [1.29, 1.82) is 0 Å². The maximum atomic E-state index is 5.80. The standard InChI is InChI=1S/C18H22N4OS/c1-12(2)15-11-24-17(22-15)10-21-18(19-3)20-9-14-8-13-6-4-5-7-16(13)23-14/h4-8,11-12H,9-10H2,1-3H3,(H2,19,20,21). The third-order valence-electron chi connectivity index (χ3n) is 3.70. The Kier molecular flexibility index (Phi) is 5.15. The number of para-hydroxylation sites is 1. The summed E-state index contributed by atoms with van der Waals surface area (Å²) in [5, 5.41) is 10.8. The summed E-state index contributed by atoms with van der Waals surface area (Å²) in [5.41, 5.74) is 2.04. The number of rotatable bonds is 5. The van der Waals surface area contributed by atoms with Gasteiger partial charge in [0.05, 0.1) is 18.8 Å². The molecule has 0 unspecified atom stereocenters. The van der Waals surface area contributed by atoms with Gasteiger partial charge in [-0.15, -0.1) is 11.3 Å². The summed E-state index contributed by atoms with van der Waals surface area (Å²) in [6.45, 7) is 5.56. The Morgan fingerprint density at radius 3 is 2.75 bits per heavy atom. The average molecular weight is 342 g/mol. The lowest BCUT2D eigenvalue weighted by Gasteiger charge is -2.09. The van der Waals surface area contributed by atoms with Gasteiger partial charge < -0.3 is 15.1 Å². The fourth-order valence-electron chi connectivity index (χ4n) is 2.35. The molecule has 0 atom stereocenters. The van der Waals surface area contributed by atoms with Crippen LogP contribution >= 0.6 is 11.3 Å². The number of guanidine groups is 1. The van der Waals surface area contributed by atoms with Gasteiger partial charge in [0.1, 0.15) is 16.4 Å². The smallest absolute Gasteiger partial charge is 0.191 e. The first-order valence-corrected chi connectivity index (χ1v) is 8.90. The summed E-state index contributed by atoms with van der Waals surface area (Å²) in [6.07, 6.45) is 0. The highest BCUT2D eigenvalue weighted by Gasteiger charge is 2.07. The molecule has 0 aliphatic rings. The van der Waals surface area contributed by atoms with Crippen molar-refractivity contribution in [3.8, 4) is 0 Å². The molecular formula is C18H22N4OS. The third kappa shape index (κ3) is 3.94. The minimum absolute atomic E-state index is 0.459. The molecule has 0 radical (unpaired) electrons. The van der Waals surface area contributed by atoms with E-state index in [0.29, 0.717) is 19.0 Å². The minimum Gasteiger partial charge on any atom is -0.459 e. The van der Waals surface area contributed by atoms with Crippen molar-refractivity contribution >= 4 is 28.3 Å². The predicted molar refractivity (Wildman–Crippen MR) is 99.5 cm³/mol. The van der Waals surface area contributed by atoms with E-state index in [9.17, 15) is 0 Å². The van der Waals surface area contributed by atoms with Crippen LogP contribution in [0, 0.1) is 0 Å². The van der Waals surface area contributed by atoms with Crippen molar-refractivity contribution in [3.05, 3.63) is 52.2 Å². The van der Waals surface area contributed by atoms with E-state index in [1.165, 1.54) is 0 Å². The number of aromatic nitrogens is 1. The molecule has 3 rings (SSSR count). The van der Waals surface area contributed by atoms with Crippen molar-refractivity contribution in [2.75, 3.05) is 7.05 Å². The normalized spacial score (nSPS) is 12.1. The monoisotopic (exact) mass is 342 g/mol. The Morgan fingerprint density at radius 2 is 2.04 bits per heavy atom. The van der Waals surface area contributed by atoms with Crippen LogP contribution in [0.15, 0.2) is 45.1 Å². The Balaban J connectivity index is 1.54. The van der Waals surface area contributed by atoms with E-state index >= 15 is 0 Å². The van der Waals surface area contributed by atoms with Gasteiger partial charge in [0, 0.05) is 17.8 Å². The zero-order valence-electron chi connectivity index (χ0n) is 14.2. The fraction of sp³-hybridized carbons (Fsp3) is 0.333. The molecule has 24 heavy (non-hydrogen) atoms.